The lowest BCUT2D eigenvalue weighted by atomic mass is 10.1. The second kappa shape index (κ2) is 7.65. The van der Waals surface area contributed by atoms with Gasteiger partial charge in [-0.25, -0.2) is 4.98 Å². The van der Waals surface area contributed by atoms with E-state index in [-0.39, 0.29) is 5.56 Å². The fourth-order valence-electron chi connectivity index (χ4n) is 3.76. The molecule has 0 radical (unpaired) electrons. The third-order valence-electron chi connectivity index (χ3n) is 5.76. The normalized spacial score (nSPS) is 14.2. The van der Waals surface area contributed by atoms with Crippen molar-refractivity contribution in [3.63, 3.8) is 0 Å². The number of nitrogens with zero attached hydrogens (tertiary/aromatic N) is 4. The zero-order chi connectivity index (χ0) is 20.7. The molecule has 0 saturated heterocycles. The van der Waals surface area contributed by atoms with E-state index in [1.54, 1.807) is 4.57 Å². The quantitative estimate of drug-likeness (QED) is 0.630. The molecular weight excluding hydrogens is 384 g/mol. The van der Waals surface area contributed by atoms with Crippen molar-refractivity contribution in [2.45, 2.75) is 40.9 Å². The summed E-state index contributed by atoms with van der Waals surface area (Å²) in [5.74, 6) is 0.696. The van der Waals surface area contributed by atoms with Crippen LogP contribution in [0.2, 0.25) is 5.02 Å². The van der Waals surface area contributed by atoms with Gasteiger partial charge in [0.1, 0.15) is 0 Å². The Kier molecular flexibility index (Phi) is 5.19. The highest BCUT2D eigenvalue weighted by molar-refractivity contribution is 6.31. The molecule has 4 rings (SSSR count). The Morgan fingerprint density at radius 3 is 2.48 bits per heavy atom. The molecule has 3 aromatic rings. The highest BCUT2D eigenvalue weighted by Gasteiger charge is 2.28. The van der Waals surface area contributed by atoms with Gasteiger partial charge in [0.2, 0.25) is 5.95 Å². The second-order valence-corrected chi connectivity index (χ2v) is 8.11. The van der Waals surface area contributed by atoms with Crippen molar-refractivity contribution in [2.75, 3.05) is 11.6 Å². The van der Waals surface area contributed by atoms with Gasteiger partial charge in [-0.05, 0) is 56.5 Å². The number of fused-ring (bicyclic) bond motifs is 1. The maximum Gasteiger partial charge on any atom is 0.259 e. The maximum absolute atomic E-state index is 13.1. The molecule has 0 aliphatic carbocycles. The topological polar surface area (TPSA) is 41.4 Å². The first-order valence-electron chi connectivity index (χ1n) is 9.74. The summed E-state index contributed by atoms with van der Waals surface area (Å²) in [6, 6.07) is 14.1. The molecule has 150 valence electrons. The van der Waals surface area contributed by atoms with Crippen molar-refractivity contribution in [2.24, 2.45) is 0 Å². The summed E-state index contributed by atoms with van der Waals surface area (Å²) in [5, 5.41) is 0.738. The molecule has 6 heteroatoms. The second-order valence-electron chi connectivity index (χ2n) is 7.71. The number of hydrogen-bond acceptors (Lipinski definition) is 4. The average molecular weight is 409 g/mol. The lowest BCUT2D eigenvalue weighted by Crippen LogP contribution is -2.47. The van der Waals surface area contributed by atoms with Gasteiger partial charge < -0.3 is 0 Å². The lowest BCUT2D eigenvalue weighted by Gasteiger charge is -2.39. The molecule has 0 amide bonds. The molecule has 0 bridgehead atoms. The zero-order valence-corrected chi connectivity index (χ0v) is 18.0. The van der Waals surface area contributed by atoms with E-state index in [4.69, 9.17) is 16.6 Å². The van der Waals surface area contributed by atoms with E-state index >= 15 is 0 Å². The summed E-state index contributed by atoms with van der Waals surface area (Å²) in [5.41, 5.74) is 5.98. The highest BCUT2D eigenvalue weighted by atomic mass is 35.5. The molecular formula is C23H25ClN4O. The van der Waals surface area contributed by atoms with Crippen LogP contribution in [0.1, 0.15) is 27.9 Å². The minimum atomic E-state index is 0.00617. The molecule has 0 atom stereocenters. The van der Waals surface area contributed by atoms with Crippen molar-refractivity contribution in [3.05, 3.63) is 85.8 Å². The minimum absolute atomic E-state index is 0.00617. The van der Waals surface area contributed by atoms with Crippen LogP contribution in [0, 0.1) is 27.7 Å². The summed E-state index contributed by atoms with van der Waals surface area (Å²) in [7, 11) is 0. The third-order valence-corrected chi connectivity index (χ3v) is 6.13. The van der Waals surface area contributed by atoms with Gasteiger partial charge in [-0.3, -0.25) is 19.2 Å². The van der Waals surface area contributed by atoms with E-state index in [1.165, 1.54) is 11.1 Å². The van der Waals surface area contributed by atoms with E-state index in [9.17, 15) is 4.79 Å². The van der Waals surface area contributed by atoms with Gasteiger partial charge >= 0.3 is 0 Å². The van der Waals surface area contributed by atoms with Crippen molar-refractivity contribution < 1.29 is 0 Å². The average Bonchev–Trinajstić information content (AvgIpc) is 2.70. The van der Waals surface area contributed by atoms with Gasteiger partial charge in [-0.1, -0.05) is 41.9 Å². The molecule has 29 heavy (non-hydrogen) atoms. The van der Waals surface area contributed by atoms with E-state index in [0.29, 0.717) is 31.4 Å². The van der Waals surface area contributed by atoms with Crippen LogP contribution in [0.15, 0.2) is 47.3 Å². The van der Waals surface area contributed by atoms with Gasteiger partial charge in [0.25, 0.3) is 5.56 Å². The van der Waals surface area contributed by atoms with Crippen molar-refractivity contribution >= 4 is 23.2 Å². The Labute approximate surface area is 176 Å². The first kappa shape index (κ1) is 19.7. The van der Waals surface area contributed by atoms with E-state index in [2.05, 4.69) is 35.8 Å². The third kappa shape index (κ3) is 3.56. The maximum atomic E-state index is 13.1. The summed E-state index contributed by atoms with van der Waals surface area (Å²) in [6.07, 6.45) is 0. The van der Waals surface area contributed by atoms with Crippen LogP contribution >= 0.6 is 11.6 Å². The molecule has 0 fully saturated rings. The van der Waals surface area contributed by atoms with Crippen LogP contribution in [-0.4, -0.2) is 21.1 Å². The Balaban J connectivity index is 1.83. The number of aryl methyl sites for hydroxylation is 2. The standard InChI is InChI=1S/C23H25ClN4O/c1-15-8-7-11-21(16(15)2)27-13-26(12-19-9-5-6-10-20(19)24)14-28-22(29)17(3)18(4)25-23(27)28/h5-11H,12-14H2,1-4H3. The lowest BCUT2D eigenvalue weighted by molar-refractivity contribution is 0.190. The van der Waals surface area contributed by atoms with Crippen LogP contribution < -0.4 is 10.5 Å². The largest absolute Gasteiger partial charge is 0.298 e. The SMILES string of the molecule is Cc1cccc(N2CN(Cc3ccccc3Cl)Cn3c2nc(C)c(C)c3=O)c1C. The molecule has 2 heterocycles. The molecule has 1 aliphatic rings. The fraction of sp³-hybridized carbons (Fsp3) is 0.304. The van der Waals surface area contributed by atoms with Crippen molar-refractivity contribution in [1.29, 1.82) is 0 Å². The monoisotopic (exact) mass is 408 g/mol. The predicted molar refractivity (Wildman–Crippen MR) is 118 cm³/mol. The number of anilines is 2. The van der Waals surface area contributed by atoms with E-state index in [1.807, 2.05) is 44.2 Å². The number of rotatable bonds is 3. The molecule has 2 aromatic carbocycles. The van der Waals surface area contributed by atoms with Crippen molar-refractivity contribution in [1.82, 2.24) is 14.5 Å². The van der Waals surface area contributed by atoms with Gasteiger partial charge in [0, 0.05) is 28.5 Å². The number of benzene rings is 2. The molecule has 0 N–H and O–H groups in total. The number of halogens is 1. The highest BCUT2D eigenvalue weighted by Crippen LogP contribution is 2.32. The Morgan fingerprint density at radius 2 is 1.72 bits per heavy atom. The summed E-state index contributed by atoms with van der Waals surface area (Å²) in [6.45, 7) is 9.72. The van der Waals surface area contributed by atoms with E-state index < -0.39 is 0 Å². The molecule has 1 aromatic heterocycles. The number of aromatic nitrogens is 2. The Morgan fingerprint density at radius 1 is 0.966 bits per heavy atom. The molecule has 0 unspecified atom stereocenters. The molecule has 0 spiro atoms. The molecule has 5 nitrogen and oxygen atoms in total. The van der Waals surface area contributed by atoms with Crippen LogP contribution in [-0.2, 0) is 13.2 Å². The van der Waals surface area contributed by atoms with Crippen LogP contribution in [0.3, 0.4) is 0 Å². The summed E-state index contributed by atoms with van der Waals surface area (Å²) < 4.78 is 1.77. The smallest absolute Gasteiger partial charge is 0.259 e. The molecule has 0 saturated carbocycles. The summed E-state index contributed by atoms with van der Waals surface area (Å²) in [4.78, 5) is 22.2. The Hall–Kier alpha value is -2.63. The Bertz CT molecular complexity index is 1140. The van der Waals surface area contributed by atoms with E-state index in [0.717, 1.165) is 22.0 Å². The fourth-order valence-corrected chi connectivity index (χ4v) is 3.96. The zero-order valence-electron chi connectivity index (χ0n) is 17.2. The summed E-state index contributed by atoms with van der Waals surface area (Å²) >= 11 is 6.40. The first-order valence-corrected chi connectivity index (χ1v) is 10.1. The number of hydrogen-bond donors (Lipinski definition) is 0. The van der Waals surface area contributed by atoms with Crippen LogP contribution in [0.25, 0.3) is 0 Å². The molecule has 1 aliphatic heterocycles. The van der Waals surface area contributed by atoms with Crippen molar-refractivity contribution in [3.8, 4) is 0 Å². The first-order chi connectivity index (χ1) is 13.9. The van der Waals surface area contributed by atoms with Gasteiger partial charge in [0.15, 0.2) is 0 Å². The van der Waals surface area contributed by atoms with Gasteiger partial charge in [-0.15, -0.1) is 0 Å². The minimum Gasteiger partial charge on any atom is -0.298 e. The van der Waals surface area contributed by atoms with Gasteiger partial charge in [-0.2, -0.15) is 0 Å². The van der Waals surface area contributed by atoms with Crippen LogP contribution in [0.5, 0.6) is 0 Å². The predicted octanol–water partition coefficient (Wildman–Crippen LogP) is 4.70. The van der Waals surface area contributed by atoms with Crippen LogP contribution in [0.4, 0.5) is 11.6 Å². The van der Waals surface area contributed by atoms with Gasteiger partial charge in [0.05, 0.1) is 13.3 Å².